The SMILES string of the molecule is Nc1ccn([C@@H]2C[C@H](OP(=O)(O)OC[C@@H]3O[C@H](n4cnc5c(=O)[nH]c(N)nc54)C[C@@H]3O)[C@@H](CO)O2)c(=O)n1. The van der Waals surface area contributed by atoms with Crippen molar-refractivity contribution in [2.75, 3.05) is 24.7 Å². The van der Waals surface area contributed by atoms with E-state index in [9.17, 15) is 29.3 Å². The van der Waals surface area contributed by atoms with Crippen LogP contribution in [0.25, 0.3) is 11.2 Å². The van der Waals surface area contributed by atoms with E-state index >= 15 is 0 Å². The second-order valence-electron chi connectivity index (χ2n) is 8.71. The van der Waals surface area contributed by atoms with Crippen LogP contribution in [0.5, 0.6) is 0 Å². The first-order valence-corrected chi connectivity index (χ1v) is 12.9. The Morgan fingerprint density at radius 3 is 2.63 bits per heavy atom. The molecular formula is C19H25N8O10P. The van der Waals surface area contributed by atoms with Crippen molar-refractivity contribution in [3.05, 3.63) is 39.4 Å². The fraction of sp³-hybridized carbons (Fsp3) is 0.526. The zero-order chi connectivity index (χ0) is 27.2. The maximum Gasteiger partial charge on any atom is 0.472 e. The molecule has 7 atom stereocenters. The van der Waals surface area contributed by atoms with E-state index in [1.807, 2.05) is 0 Å². The van der Waals surface area contributed by atoms with Gasteiger partial charge in [0.1, 0.15) is 36.6 Å². The number of fused-ring (bicyclic) bond motifs is 1. The second kappa shape index (κ2) is 10.2. The van der Waals surface area contributed by atoms with Gasteiger partial charge in [0.2, 0.25) is 5.95 Å². The van der Waals surface area contributed by atoms with E-state index in [0.29, 0.717) is 0 Å². The standard InChI is InChI=1S/C19H25N8O10P/c20-12-1-2-26(19(31)23-12)14-4-9(10(5-28)35-14)37-38(32,33)34-6-11-8(29)3-13(36-11)27-7-22-15-16(27)24-18(21)25-17(15)30/h1-2,7-11,13-14,28-29H,3-6H2,(H,32,33)(H2,20,23,31)(H3,21,24,25,30)/t8-,9-,10+,11-,13-,14-/m0/s1. The molecule has 5 heterocycles. The average Bonchev–Trinajstić information content (AvgIpc) is 3.54. The maximum absolute atomic E-state index is 12.7. The number of phosphoric acid groups is 1. The highest BCUT2D eigenvalue weighted by atomic mass is 31.2. The number of nitrogens with two attached hydrogens (primary N) is 2. The van der Waals surface area contributed by atoms with Gasteiger partial charge in [-0.25, -0.2) is 14.3 Å². The third kappa shape index (κ3) is 5.20. The molecule has 19 heteroatoms. The van der Waals surface area contributed by atoms with Crippen molar-refractivity contribution in [3.8, 4) is 0 Å². The summed E-state index contributed by atoms with van der Waals surface area (Å²) in [5.74, 6) is -0.115. The first kappa shape index (κ1) is 26.4. The van der Waals surface area contributed by atoms with Gasteiger partial charge in [0.15, 0.2) is 11.2 Å². The quantitative estimate of drug-likeness (QED) is 0.163. The lowest BCUT2D eigenvalue weighted by atomic mass is 10.2. The lowest BCUT2D eigenvalue weighted by Crippen LogP contribution is -2.29. The van der Waals surface area contributed by atoms with Gasteiger partial charge in [-0.2, -0.15) is 9.97 Å². The highest BCUT2D eigenvalue weighted by Gasteiger charge is 2.43. The van der Waals surface area contributed by atoms with Crippen molar-refractivity contribution in [1.82, 2.24) is 29.1 Å². The van der Waals surface area contributed by atoms with Crippen LogP contribution in [0.4, 0.5) is 11.8 Å². The minimum absolute atomic E-state index is 0.0119. The number of aromatic nitrogens is 6. The molecule has 2 aliphatic heterocycles. The molecule has 0 amide bonds. The molecule has 0 spiro atoms. The van der Waals surface area contributed by atoms with E-state index < -0.39 is 69.2 Å². The van der Waals surface area contributed by atoms with E-state index in [-0.39, 0.29) is 35.8 Å². The normalized spacial score (nSPS) is 29.1. The number of H-pyrrole nitrogens is 1. The minimum Gasteiger partial charge on any atom is -0.394 e. The molecule has 0 radical (unpaired) electrons. The van der Waals surface area contributed by atoms with Crippen LogP contribution in [-0.2, 0) is 23.1 Å². The first-order chi connectivity index (χ1) is 18.0. The largest absolute Gasteiger partial charge is 0.472 e. The zero-order valence-corrected chi connectivity index (χ0v) is 20.5. The third-order valence-corrected chi connectivity index (χ3v) is 7.17. The molecule has 0 aliphatic carbocycles. The van der Waals surface area contributed by atoms with Gasteiger partial charge in [-0.1, -0.05) is 0 Å². The highest BCUT2D eigenvalue weighted by molar-refractivity contribution is 7.47. The molecule has 18 nitrogen and oxygen atoms in total. The topological polar surface area (TPSA) is 265 Å². The average molecular weight is 556 g/mol. The molecule has 2 saturated heterocycles. The maximum atomic E-state index is 12.7. The Bertz CT molecular complexity index is 1490. The fourth-order valence-electron chi connectivity index (χ4n) is 4.35. The number of hydrogen-bond acceptors (Lipinski definition) is 14. The summed E-state index contributed by atoms with van der Waals surface area (Å²) in [6, 6.07) is 1.38. The summed E-state index contributed by atoms with van der Waals surface area (Å²) in [6.07, 6.45) is -3.42. The number of phosphoric ester groups is 1. The van der Waals surface area contributed by atoms with Crippen LogP contribution >= 0.6 is 7.82 Å². The summed E-state index contributed by atoms with van der Waals surface area (Å²) in [6.45, 7) is -1.10. The number of aliphatic hydroxyl groups excluding tert-OH is 2. The first-order valence-electron chi connectivity index (χ1n) is 11.4. The Morgan fingerprint density at radius 2 is 1.89 bits per heavy atom. The summed E-state index contributed by atoms with van der Waals surface area (Å²) in [5.41, 5.74) is 10.0. The molecule has 3 aromatic rings. The molecule has 0 saturated carbocycles. The van der Waals surface area contributed by atoms with Crippen molar-refractivity contribution in [2.24, 2.45) is 0 Å². The lowest BCUT2D eigenvalue weighted by molar-refractivity contribution is -0.0564. The van der Waals surface area contributed by atoms with Gasteiger partial charge in [-0.05, 0) is 6.07 Å². The Labute approximate surface area is 212 Å². The molecule has 206 valence electrons. The molecule has 5 rings (SSSR count). The number of rotatable bonds is 8. The van der Waals surface area contributed by atoms with Gasteiger partial charge < -0.3 is 36.0 Å². The van der Waals surface area contributed by atoms with E-state index in [0.717, 1.165) is 4.57 Å². The molecule has 2 aliphatic rings. The van der Waals surface area contributed by atoms with Gasteiger partial charge in [-0.3, -0.25) is 28.0 Å². The van der Waals surface area contributed by atoms with Crippen LogP contribution in [0.1, 0.15) is 25.3 Å². The Balaban J connectivity index is 1.22. The van der Waals surface area contributed by atoms with E-state index in [1.165, 1.54) is 23.2 Å². The third-order valence-electron chi connectivity index (χ3n) is 6.16. The van der Waals surface area contributed by atoms with Crippen LogP contribution < -0.4 is 22.7 Å². The molecular weight excluding hydrogens is 531 g/mol. The number of hydrogen-bond donors (Lipinski definition) is 6. The number of aliphatic hydroxyl groups is 2. The monoisotopic (exact) mass is 556 g/mol. The molecule has 1 unspecified atom stereocenters. The Morgan fingerprint density at radius 1 is 1.16 bits per heavy atom. The van der Waals surface area contributed by atoms with Crippen molar-refractivity contribution in [2.45, 2.75) is 49.7 Å². The number of nitrogens with one attached hydrogen (secondary N) is 1. The molecule has 0 aromatic carbocycles. The van der Waals surface area contributed by atoms with Gasteiger partial charge in [-0.15, -0.1) is 0 Å². The van der Waals surface area contributed by atoms with Crippen LogP contribution in [0.3, 0.4) is 0 Å². The Kier molecular flexibility index (Phi) is 7.05. The van der Waals surface area contributed by atoms with Crippen LogP contribution in [0.15, 0.2) is 28.2 Å². The molecule has 8 N–H and O–H groups in total. The predicted octanol–water partition coefficient (Wildman–Crippen LogP) is -2.03. The molecule has 2 fully saturated rings. The number of ether oxygens (including phenoxy) is 2. The van der Waals surface area contributed by atoms with Crippen molar-refractivity contribution in [1.29, 1.82) is 0 Å². The lowest BCUT2D eigenvalue weighted by Gasteiger charge is -2.21. The van der Waals surface area contributed by atoms with Gasteiger partial charge in [0.05, 0.1) is 25.6 Å². The molecule has 38 heavy (non-hydrogen) atoms. The minimum atomic E-state index is -4.74. The Hall–Kier alpha value is -3.22. The van der Waals surface area contributed by atoms with Crippen molar-refractivity contribution >= 4 is 30.8 Å². The van der Waals surface area contributed by atoms with Gasteiger partial charge in [0.25, 0.3) is 5.56 Å². The smallest absolute Gasteiger partial charge is 0.394 e. The number of imidazole rings is 1. The number of anilines is 2. The summed E-state index contributed by atoms with van der Waals surface area (Å²) in [4.78, 5) is 48.4. The summed E-state index contributed by atoms with van der Waals surface area (Å²) < 4.78 is 36.8. The van der Waals surface area contributed by atoms with E-state index in [1.54, 1.807) is 0 Å². The van der Waals surface area contributed by atoms with Gasteiger partial charge >= 0.3 is 13.5 Å². The van der Waals surface area contributed by atoms with E-state index in [4.69, 9.17) is 30.0 Å². The number of nitrogen functional groups attached to an aromatic ring is 2. The van der Waals surface area contributed by atoms with Crippen molar-refractivity contribution in [3.63, 3.8) is 0 Å². The van der Waals surface area contributed by atoms with E-state index in [2.05, 4.69) is 19.9 Å². The highest BCUT2D eigenvalue weighted by Crippen LogP contribution is 2.49. The van der Waals surface area contributed by atoms with Crippen molar-refractivity contribution < 1.29 is 38.2 Å². The zero-order valence-electron chi connectivity index (χ0n) is 19.6. The second-order valence-corrected chi connectivity index (χ2v) is 10.1. The number of nitrogens with zero attached hydrogens (tertiary/aromatic N) is 5. The molecule has 0 bridgehead atoms. The summed E-state index contributed by atoms with van der Waals surface area (Å²) in [5, 5.41) is 20.1. The van der Waals surface area contributed by atoms with Gasteiger partial charge in [0, 0.05) is 19.0 Å². The van der Waals surface area contributed by atoms with Crippen LogP contribution in [-0.4, -0.2) is 81.8 Å². The number of aromatic amines is 1. The fourth-order valence-corrected chi connectivity index (χ4v) is 5.31. The van der Waals surface area contributed by atoms with Crippen LogP contribution in [0.2, 0.25) is 0 Å². The summed E-state index contributed by atoms with van der Waals surface area (Å²) >= 11 is 0. The molecule has 3 aromatic heterocycles. The van der Waals surface area contributed by atoms with Crippen LogP contribution in [0, 0.1) is 0 Å². The predicted molar refractivity (Wildman–Crippen MR) is 126 cm³/mol. The summed E-state index contributed by atoms with van der Waals surface area (Å²) in [7, 11) is -4.74.